The van der Waals surface area contributed by atoms with Gasteiger partial charge in [-0.1, -0.05) is 149 Å². The van der Waals surface area contributed by atoms with Gasteiger partial charge in [-0.05, 0) is 35.2 Å². The van der Waals surface area contributed by atoms with Gasteiger partial charge in [-0.3, -0.25) is 0 Å². The molecule has 0 radical (unpaired) electrons. The molecular weight excluding hydrogens is 603 g/mol. The summed E-state index contributed by atoms with van der Waals surface area (Å²) in [6.45, 7) is 4.44. The van der Waals surface area contributed by atoms with E-state index in [0.717, 1.165) is 42.4 Å². The molecule has 0 saturated carbocycles. The van der Waals surface area contributed by atoms with Crippen molar-refractivity contribution < 1.29 is 16.8 Å². The minimum Gasteiger partial charge on any atom is -0.319 e. The third-order valence-corrected chi connectivity index (χ3v) is 12.7. The van der Waals surface area contributed by atoms with Crippen LogP contribution in [0, 0.1) is 0 Å². The normalized spacial score (nSPS) is 12.3. The highest BCUT2D eigenvalue weighted by molar-refractivity contribution is 8.07. The van der Waals surface area contributed by atoms with Crippen LogP contribution in [0.2, 0.25) is 0 Å². The molecule has 0 atom stereocenters. The third kappa shape index (κ3) is 8.61. The fourth-order valence-corrected chi connectivity index (χ4v) is 9.89. The molecule has 0 fully saturated rings. The predicted molar refractivity (Wildman–Crippen MR) is 184 cm³/mol. The molecule has 2 N–H and O–H groups in total. The summed E-state index contributed by atoms with van der Waals surface area (Å²) in [4.78, 5) is -0.0835. The van der Waals surface area contributed by atoms with E-state index >= 15 is 0 Å². The molecule has 7 nitrogen and oxygen atoms in total. The molecule has 0 aliphatic rings. The van der Waals surface area contributed by atoms with Gasteiger partial charge in [0.25, 0.3) is 0 Å². The average molecular weight is 648 g/mol. The molecule has 0 aliphatic heterocycles. The molecule has 0 amide bonds. The number of sulfonamides is 1. The number of hydrogen-bond donors (Lipinski definition) is 2. The molecule has 4 rings (SSSR count). The number of hydrogen-bond acceptors (Lipinski definition) is 6. The van der Waals surface area contributed by atoms with Gasteiger partial charge in [0, 0.05) is 13.1 Å². The van der Waals surface area contributed by atoms with E-state index in [0.29, 0.717) is 13.0 Å². The lowest BCUT2D eigenvalue weighted by Gasteiger charge is -2.37. The number of sulfone groups is 1. The number of nitrogens with zero attached hydrogens (tertiary/aromatic N) is 1. The van der Waals surface area contributed by atoms with Gasteiger partial charge < -0.3 is 5.43 Å². The maximum atomic E-state index is 13.8. The molecule has 0 saturated heterocycles. The molecule has 4 aromatic rings. The minimum atomic E-state index is -4.24. The summed E-state index contributed by atoms with van der Waals surface area (Å²) in [5, 5.41) is -0.996. The van der Waals surface area contributed by atoms with Gasteiger partial charge in [0.15, 0.2) is 14.9 Å². The summed E-state index contributed by atoms with van der Waals surface area (Å²) in [5.41, 5.74) is 8.85. The van der Waals surface area contributed by atoms with Crippen LogP contribution in [0.1, 0.15) is 69.1 Å². The lowest BCUT2D eigenvalue weighted by atomic mass is 9.77. The Hall–Kier alpha value is -3.50. The molecule has 0 unspecified atom stereocenters. The zero-order valence-corrected chi connectivity index (χ0v) is 27.9. The van der Waals surface area contributed by atoms with E-state index in [-0.39, 0.29) is 17.1 Å². The van der Waals surface area contributed by atoms with Gasteiger partial charge in [0.1, 0.15) is 5.54 Å². The second-order valence-electron chi connectivity index (χ2n) is 11.2. The largest absolute Gasteiger partial charge is 0.319 e. The van der Waals surface area contributed by atoms with Crippen molar-refractivity contribution in [3.63, 3.8) is 0 Å². The number of unbranched alkanes of at least 4 members (excludes halogenated alkanes) is 5. The molecule has 0 heterocycles. The summed E-state index contributed by atoms with van der Waals surface area (Å²) in [5.74, 6) is 0. The van der Waals surface area contributed by atoms with Gasteiger partial charge in [0.05, 0.1) is 10.6 Å². The summed E-state index contributed by atoms with van der Waals surface area (Å²) in [6, 6.07) is 36.2. The monoisotopic (exact) mass is 647 g/mol. The second-order valence-corrected chi connectivity index (χ2v) is 15.5. The summed E-state index contributed by atoms with van der Waals surface area (Å²) in [6.07, 6.45) is 6.11. The van der Waals surface area contributed by atoms with Gasteiger partial charge >= 0.3 is 0 Å². The number of hydrazine groups is 1. The van der Waals surface area contributed by atoms with Crippen molar-refractivity contribution in [3.05, 3.63) is 132 Å². The van der Waals surface area contributed by atoms with E-state index in [4.69, 9.17) is 0 Å². The molecule has 0 aromatic heterocycles. The molecule has 240 valence electrons. The molecule has 0 spiro atoms. The SMILES string of the molecule is CCCCCCCCN(CC)S(=O)(=O)CS(=O)(=O)c1ccccc1NNC(c1ccccc1)(c1ccccc1)c1ccccc1. The van der Waals surface area contributed by atoms with Crippen LogP contribution in [-0.4, -0.2) is 39.3 Å². The van der Waals surface area contributed by atoms with Crippen LogP contribution in [0.4, 0.5) is 5.69 Å². The van der Waals surface area contributed by atoms with Crippen LogP contribution < -0.4 is 10.9 Å². The highest BCUT2D eigenvalue weighted by Crippen LogP contribution is 2.37. The van der Waals surface area contributed by atoms with Crippen molar-refractivity contribution >= 4 is 25.5 Å². The molecule has 4 aromatic carbocycles. The number of anilines is 1. The van der Waals surface area contributed by atoms with Gasteiger partial charge in [0.2, 0.25) is 10.0 Å². The fourth-order valence-electron chi connectivity index (χ4n) is 5.68. The van der Waals surface area contributed by atoms with E-state index in [9.17, 15) is 16.8 Å². The van der Waals surface area contributed by atoms with Crippen molar-refractivity contribution in [2.45, 2.75) is 62.8 Å². The van der Waals surface area contributed by atoms with Gasteiger partial charge in [-0.15, -0.1) is 0 Å². The highest BCUT2D eigenvalue weighted by atomic mass is 32.3. The van der Waals surface area contributed by atoms with Crippen LogP contribution >= 0.6 is 0 Å². The molecule has 9 heteroatoms. The number of para-hydroxylation sites is 1. The van der Waals surface area contributed by atoms with Crippen molar-refractivity contribution in [2.24, 2.45) is 0 Å². The summed E-state index contributed by atoms with van der Waals surface area (Å²) in [7, 11) is -8.31. The first-order chi connectivity index (χ1) is 21.7. The second kappa shape index (κ2) is 16.2. The Morgan fingerprint density at radius 2 is 1.07 bits per heavy atom. The topological polar surface area (TPSA) is 95.6 Å². The summed E-state index contributed by atoms with van der Waals surface area (Å²) >= 11 is 0. The first-order valence-corrected chi connectivity index (χ1v) is 19.0. The van der Waals surface area contributed by atoms with E-state index in [2.05, 4.69) is 17.8 Å². The molecule has 0 bridgehead atoms. The van der Waals surface area contributed by atoms with E-state index < -0.39 is 30.5 Å². The fraction of sp³-hybridized carbons (Fsp3) is 0.333. The minimum absolute atomic E-state index is 0.0835. The zero-order valence-electron chi connectivity index (χ0n) is 26.2. The Balaban J connectivity index is 1.64. The van der Waals surface area contributed by atoms with Gasteiger partial charge in [-0.25, -0.2) is 26.6 Å². The molecule has 45 heavy (non-hydrogen) atoms. The van der Waals surface area contributed by atoms with E-state index in [1.807, 2.05) is 91.0 Å². The lowest BCUT2D eigenvalue weighted by molar-refractivity contribution is 0.413. The maximum Gasteiger partial charge on any atom is 0.228 e. The number of benzene rings is 4. The van der Waals surface area contributed by atoms with Crippen molar-refractivity contribution in [3.8, 4) is 0 Å². The Bertz CT molecular complexity index is 1590. The quantitative estimate of drug-likeness (QED) is 0.0667. The van der Waals surface area contributed by atoms with Crippen LogP contribution in [-0.2, 0) is 25.4 Å². The van der Waals surface area contributed by atoms with Crippen LogP contribution in [0.5, 0.6) is 0 Å². The van der Waals surface area contributed by atoms with Crippen molar-refractivity contribution in [1.82, 2.24) is 9.73 Å². The highest BCUT2D eigenvalue weighted by Gasteiger charge is 2.37. The van der Waals surface area contributed by atoms with Gasteiger partial charge in [-0.2, -0.15) is 0 Å². The smallest absolute Gasteiger partial charge is 0.228 e. The van der Waals surface area contributed by atoms with E-state index in [1.54, 1.807) is 25.1 Å². The number of rotatable bonds is 18. The standard InChI is InChI=1S/C36H45N3O4S2/c1-3-5-6-7-8-20-29-39(4-2)45(42,43)30-44(40,41)35-28-19-18-27-34(35)37-38-36(31-21-12-9-13-22-31,32-23-14-10-15-24-32)33-25-16-11-17-26-33/h9-19,21-28,37-38H,3-8,20,29-30H2,1-2H3. The van der Waals surface area contributed by atoms with Crippen molar-refractivity contribution in [1.29, 1.82) is 0 Å². The van der Waals surface area contributed by atoms with Crippen LogP contribution in [0.25, 0.3) is 0 Å². The first kappa shape index (κ1) is 34.4. The predicted octanol–water partition coefficient (Wildman–Crippen LogP) is 7.34. The number of nitrogens with one attached hydrogen (secondary N) is 2. The molecular formula is C36H45N3O4S2. The zero-order chi connectivity index (χ0) is 32.2. The van der Waals surface area contributed by atoms with Crippen LogP contribution in [0.3, 0.4) is 0 Å². The Kier molecular flexibility index (Phi) is 12.4. The average Bonchev–Trinajstić information content (AvgIpc) is 3.06. The Morgan fingerprint density at radius 1 is 0.600 bits per heavy atom. The van der Waals surface area contributed by atoms with Crippen LogP contribution in [0.15, 0.2) is 120 Å². The third-order valence-electron chi connectivity index (χ3n) is 8.04. The summed E-state index contributed by atoms with van der Waals surface area (Å²) < 4.78 is 55.7. The first-order valence-electron chi connectivity index (χ1n) is 15.7. The van der Waals surface area contributed by atoms with Crippen molar-refractivity contribution in [2.75, 3.05) is 23.6 Å². The van der Waals surface area contributed by atoms with E-state index in [1.165, 1.54) is 16.8 Å². The Labute approximate surface area is 269 Å². The lowest BCUT2D eigenvalue weighted by Crippen LogP contribution is -2.47. The Morgan fingerprint density at radius 3 is 1.58 bits per heavy atom. The maximum absolute atomic E-state index is 13.8. The molecule has 0 aliphatic carbocycles.